The van der Waals surface area contributed by atoms with Crippen molar-refractivity contribution in [1.29, 1.82) is 0 Å². The molecule has 0 fully saturated rings. The van der Waals surface area contributed by atoms with Gasteiger partial charge in [-0.25, -0.2) is 0 Å². The van der Waals surface area contributed by atoms with Gasteiger partial charge in [0.25, 0.3) is 0 Å². The molecule has 0 saturated carbocycles. The summed E-state index contributed by atoms with van der Waals surface area (Å²) in [5.41, 5.74) is 2.58. The van der Waals surface area contributed by atoms with E-state index in [1.54, 1.807) is 0 Å². The molecule has 1 heterocycles. The van der Waals surface area contributed by atoms with Crippen molar-refractivity contribution in [3.05, 3.63) is 34.3 Å². The molecule has 2 unspecified atom stereocenters. The van der Waals surface area contributed by atoms with Gasteiger partial charge in [-0.3, -0.25) is 0 Å². The Bertz CT molecular complexity index is 661. The van der Waals surface area contributed by atoms with Crippen molar-refractivity contribution in [3.63, 3.8) is 0 Å². The maximum atomic E-state index is 3.51. The van der Waals surface area contributed by atoms with Crippen LogP contribution in [0, 0.1) is 18.8 Å². The van der Waals surface area contributed by atoms with E-state index in [9.17, 15) is 0 Å². The zero-order chi connectivity index (χ0) is 11.3. The van der Waals surface area contributed by atoms with Crippen molar-refractivity contribution in [2.45, 2.75) is 20.8 Å². The van der Waals surface area contributed by atoms with Crippen LogP contribution in [0.5, 0.6) is 0 Å². The maximum absolute atomic E-state index is 3.51. The summed E-state index contributed by atoms with van der Waals surface area (Å²) in [7, 11) is 0. The smallest absolute Gasteiger partial charge is 0.0464 e. The highest BCUT2D eigenvalue weighted by atomic mass is 14.7. The van der Waals surface area contributed by atoms with E-state index in [0.29, 0.717) is 11.8 Å². The van der Waals surface area contributed by atoms with Gasteiger partial charge >= 0.3 is 0 Å². The van der Waals surface area contributed by atoms with E-state index in [1.807, 2.05) is 0 Å². The van der Waals surface area contributed by atoms with Gasteiger partial charge in [-0.15, -0.1) is 0 Å². The fourth-order valence-corrected chi connectivity index (χ4v) is 2.49. The molecular weight excluding hydrogens is 194 g/mol. The molecule has 0 radical (unpaired) electrons. The number of aromatic amines is 1. The van der Waals surface area contributed by atoms with Crippen LogP contribution in [0.25, 0.3) is 23.1 Å². The van der Waals surface area contributed by atoms with Crippen LogP contribution in [-0.2, 0) is 0 Å². The Labute approximate surface area is 95.5 Å². The van der Waals surface area contributed by atoms with Gasteiger partial charge in [-0.2, -0.15) is 0 Å². The van der Waals surface area contributed by atoms with Crippen LogP contribution in [0.3, 0.4) is 0 Å². The molecule has 2 aromatic rings. The Morgan fingerprint density at radius 2 is 1.81 bits per heavy atom. The summed E-state index contributed by atoms with van der Waals surface area (Å²) in [6, 6.07) is 6.62. The second-order valence-corrected chi connectivity index (χ2v) is 5.05. The van der Waals surface area contributed by atoms with Crippen LogP contribution in [0.1, 0.15) is 19.4 Å². The molecule has 3 rings (SSSR count). The van der Waals surface area contributed by atoms with Gasteiger partial charge in [-0.1, -0.05) is 37.6 Å². The summed E-state index contributed by atoms with van der Waals surface area (Å²) >= 11 is 0. The molecule has 0 aliphatic heterocycles. The highest BCUT2D eigenvalue weighted by Gasteiger charge is 2.13. The van der Waals surface area contributed by atoms with Crippen molar-refractivity contribution < 1.29 is 0 Å². The van der Waals surface area contributed by atoms with Gasteiger partial charge in [0.15, 0.2) is 0 Å². The first-order chi connectivity index (χ1) is 7.65. The summed E-state index contributed by atoms with van der Waals surface area (Å²) in [5, 5.41) is 4.06. The molecule has 1 heteroatoms. The molecule has 82 valence electrons. The van der Waals surface area contributed by atoms with E-state index in [2.05, 4.69) is 56.1 Å². The maximum Gasteiger partial charge on any atom is 0.0464 e. The molecular formula is C15H17N. The Morgan fingerprint density at radius 1 is 1.06 bits per heavy atom. The van der Waals surface area contributed by atoms with E-state index in [1.165, 1.54) is 27.0 Å². The monoisotopic (exact) mass is 211 g/mol. The van der Waals surface area contributed by atoms with Crippen molar-refractivity contribution in [3.8, 4) is 0 Å². The van der Waals surface area contributed by atoms with Crippen LogP contribution in [0.15, 0.2) is 18.2 Å². The third-order valence-electron chi connectivity index (χ3n) is 3.71. The minimum atomic E-state index is 0.627. The zero-order valence-corrected chi connectivity index (χ0v) is 10.0. The highest BCUT2D eigenvalue weighted by molar-refractivity contribution is 5.82. The fourth-order valence-electron chi connectivity index (χ4n) is 2.49. The predicted octanol–water partition coefficient (Wildman–Crippen LogP) is 2.32. The summed E-state index contributed by atoms with van der Waals surface area (Å²) in [6.45, 7) is 6.72. The first kappa shape index (κ1) is 9.71. The van der Waals surface area contributed by atoms with Crippen LogP contribution in [-0.4, -0.2) is 4.98 Å². The molecule has 1 aromatic heterocycles. The lowest BCUT2D eigenvalue weighted by atomic mass is 9.91. The van der Waals surface area contributed by atoms with Gasteiger partial charge < -0.3 is 4.98 Å². The Hall–Kier alpha value is -1.50. The molecule has 0 saturated heterocycles. The second kappa shape index (κ2) is 3.24. The molecule has 1 aliphatic carbocycles. The van der Waals surface area contributed by atoms with Crippen molar-refractivity contribution in [1.82, 2.24) is 4.98 Å². The lowest BCUT2D eigenvalue weighted by Crippen LogP contribution is -2.30. The van der Waals surface area contributed by atoms with E-state index in [-0.39, 0.29) is 0 Å². The quantitative estimate of drug-likeness (QED) is 0.688. The second-order valence-electron chi connectivity index (χ2n) is 5.05. The Kier molecular flexibility index (Phi) is 1.97. The number of hydrogen-bond acceptors (Lipinski definition) is 0. The van der Waals surface area contributed by atoms with Gasteiger partial charge in [0.05, 0.1) is 0 Å². The van der Waals surface area contributed by atoms with Gasteiger partial charge in [0, 0.05) is 21.5 Å². The third-order valence-corrected chi connectivity index (χ3v) is 3.71. The van der Waals surface area contributed by atoms with Crippen LogP contribution < -0.4 is 10.6 Å². The summed E-state index contributed by atoms with van der Waals surface area (Å²) in [4.78, 5) is 3.51. The van der Waals surface area contributed by atoms with Gasteiger partial charge in [0.2, 0.25) is 0 Å². The molecule has 2 atom stereocenters. The fraction of sp³-hybridized carbons (Fsp3) is 0.333. The average molecular weight is 211 g/mol. The van der Waals surface area contributed by atoms with E-state index in [4.69, 9.17) is 0 Å². The number of aromatic nitrogens is 1. The molecule has 1 nitrogen and oxygen atoms in total. The average Bonchev–Trinajstić information content (AvgIpc) is 2.57. The van der Waals surface area contributed by atoms with Crippen molar-refractivity contribution in [2.75, 3.05) is 0 Å². The van der Waals surface area contributed by atoms with Crippen LogP contribution in [0.4, 0.5) is 0 Å². The van der Waals surface area contributed by atoms with Gasteiger partial charge in [-0.05, 0) is 30.9 Å². The number of hydrogen-bond donors (Lipinski definition) is 1. The Balaban J connectivity index is 2.47. The lowest BCUT2D eigenvalue weighted by molar-refractivity contribution is 0.607. The summed E-state index contributed by atoms with van der Waals surface area (Å²) in [6.07, 6.45) is 4.76. The number of aryl methyl sites for hydroxylation is 1. The normalized spacial score (nSPS) is 23.7. The van der Waals surface area contributed by atoms with Crippen molar-refractivity contribution >= 4 is 23.1 Å². The number of H-pyrrole nitrogens is 1. The molecule has 1 N–H and O–H groups in total. The number of fused-ring (bicyclic) bond motifs is 3. The zero-order valence-electron chi connectivity index (χ0n) is 10.0. The first-order valence-corrected chi connectivity index (χ1v) is 5.97. The molecule has 16 heavy (non-hydrogen) atoms. The number of benzene rings is 1. The molecule has 0 spiro atoms. The van der Waals surface area contributed by atoms with E-state index in [0.717, 1.165) is 0 Å². The number of rotatable bonds is 0. The predicted molar refractivity (Wildman–Crippen MR) is 69.5 cm³/mol. The molecule has 1 aromatic carbocycles. The minimum Gasteiger partial charge on any atom is -0.355 e. The third kappa shape index (κ3) is 1.31. The topological polar surface area (TPSA) is 15.8 Å². The van der Waals surface area contributed by atoms with E-state index < -0.39 is 0 Å². The van der Waals surface area contributed by atoms with E-state index >= 15 is 0 Å². The standard InChI is InChI=1S/C15H17N/c1-9-4-5-14-12(6-9)13-7-10(2)11(3)8-15(13)16-14/h4-8,10-11,16H,1-3H3. The summed E-state index contributed by atoms with van der Waals surface area (Å²) in [5.74, 6) is 1.26. The van der Waals surface area contributed by atoms with Gasteiger partial charge in [0.1, 0.15) is 0 Å². The van der Waals surface area contributed by atoms with Crippen LogP contribution >= 0.6 is 0 Å². The first-order valence-electron chi connectivity index (χ1n) is 5.97. The summed E-state index contributed by atoms with van der Waals surface area (Å²) < 4.78 is 0. The highest BCUT2D eigenvalue weighted by Crippen LogP contribution is 2.17. The molecule has 0 amide bonds. The van der Waals surface area contributed by atoms with Crippen LogP contribution in [0.2, 0.25) is 0 Å². The SMILES string of the molecule is Cc1ccc2[nH]c3c(c2c1)=CC(C)C(C)C=3. The lowest BCUT2D eigenvalue weighted by Gasteiger charge is -2.14. The Morgan fingerprint density at radius 3 is 2.62 bits per heavy atom. The largest absolute Gasteiger partial charge is 0.355 e. The molecule has 0 bridgehead atoms. The number of nitrogens with one attached hydrogen (secondary N) is 1. The van der Waals surface area contributed by atoms with Crippen molar-refractivity contribution in [2.24, 2.45) is 11.8 Å². The molecule has 1 aliphatic rings. The minimum absolute atomic E-state index is 0.627.